The normalized spacial score (nSPS) is 13.0. The number of nitrogens with two attached hydrogens (primary N) is 1. The molecule has 11 heavy (non-hydrogen) atoms. The van der Waals surface area contributed by atoms with E-state index >= 15 is 0 Å². The second kappa shape index (κ2) is 6.21. The number of hydrogen-bond acceptors (Lipinski definition) is 2. The highest BCUT2D eigenvalue weighted by atomic mass is 15.1. The maximum atomic E-state index is 5.57. The molecule has 0 amide bonds. The molecule has 2 nitrogen and oxygen atoms in total. The first-order valence-corrected chi connectivity index (χ1v) is 4.18. The van der Waals surface area contributed by atoms with E-state index in [1.165, 1.54) is 0 Å². The Balaban J connectivity index is 3.44. The van der Waals surface area contributed by atoms with Crippen LogP contribution in [0.5, 0.6) is 0 Å². The Morgan fingerprint density at radius 3 is 2.36 bits per heavy atom. The van der Waals surface area contributed by atoms with Crippen LogP contribution < -0.4 is 5.73 Å². The van der Waals surface area contributed by atoms with Crippen LogP contribution in [-0.2, 0) is 0 Å². The van der Waals surface area contributed by atoms with Crippen LogP contribution in [0.25, 0.3) is 0 Å². The van der Waals surface area contributed by atoms with Gasteiger partial charge in [-0.3, -0.25) is 0 Å². The second-order valence-corrected chi connectivity index (χ2v) is 2.59. The maximum Gasteiger partial charge on any atom is 0.0674 e. The minimum absolute atomic E-state index is 0.0735. The van der Waals surface area contributed by atoms with Crippen molar-refractivity contribution in [1.82, 2.24) is 4.90 Å². The quantitative estimate of drug-likeness (QED) is 0.590. The van der Waals surface area contributed by atoms with Gasteiger partial charge >= 0.3 is 0 Å². The molecule has 0 aliphatic heterocycles. The van der Waals surface area contributed by atoms with Crippen LogP contribution in [0.15, 0.2) is 0 Å². The van der Waals surface area contributed by atoms with Crippen LogP contribution in [0.2, 0.25) is 0 Å². The fourth-order valence-electron chi connectivity index (χ4n) is 0.945. The summed E-state index contributed by atoms with van der Waals surface area (Å²) in [4.78, 5) is 2.32. The molecule has 2 N–H and O–H groups in total. The Morgan fingerprint density at radius 2 is 2.00 bits per heavy atom. The highest BCUT2D eigenvalue weighted by molar-refractivity contribution is 4.96. The molecule has 0 bridgehead atoms. The number of hydrogen-bond donors (Lipinski definition) is 1. The summed E-state index contributed by atoms with van der Waals surface area (Å²) in [6.07, 6.45) is 6.05. The van der Waals surface area contributed by atoms with Gasteiger partial charge in [0.1, 0.15) is 0 Å². The van der Waals surface area contributed by atoms with E-state index in [-0.39, 0.29) is 6.04 Å². The summed E-state index contributed by atoms with van der Waals surface area (Å²) in [5.74, 6) is 2.52. The molecule has 0 aromatic heterocycles. The minimum atomic E-state index is -0.0735. The molecule has 0 aliphatic carbocycles. The first kappa shape index (κ1) is 10.5. The molecule has 0 radical (unpaired) electrons. The molecule has 0 heterocycles. The van der Waals surface area contributed by atoms with Crippen molar-refractivity contribution in [3.63, 3.8) is 0 Å². The van der Waals surface area contributed by atoms with Crippen molar-refractivity contribution in [3.05, 3.63) is 0 Å². The van der Waals surface area contributed by atoms with Crippen molar-refractivity contribution in [3.8, 4) is 12.3 Å². The number of rotatable bonds is 5. The van der Waals surface area contributed by atoms with Crippen molar-refractivity contribution in [2.45, 2.75) is 26.3 Å². The summed E-state index contributed by atoms with van der Waals surface area (Å²) in [6.45, 7) is 7.45. The lowest BCUT2D eigenvalue weighted by Gasteiger charge is -2.18. The van der Waals surface area contributed by atoms with Gasteiger partial charge in [-0.25, -0.2) is 0 Å². The molecule has 0 aromatic carbocycles. The molecule has 2 heteroatoms. The molecule has 64 valence electrons. The fraction of sp³-hybridized carbons (Fsp3) is 0.778. The zero-order chi connectivity index (χ0) is 8.69. The van der Waals surface area contributed by atoms with Crippen LogP contribution in [0, 0.1) is 12.3 Å². The van der Waals surface area contributed by atoms with Crippen LogP contribution in [-0.4, -0.2) is 30.6 Å². The van der Waals surface area contributed by atoms with Gasteiger partial charge in [0.05, 0.1) is 6.04 Å². The summed E-state index contributed by atoms with van der Waals surface area (Å²) in [5, 5.41) is 0. The van der Waals surface area contributed by atoms with Gasteiger partial charge in [0, 0.05) is 6.54 Å². The minimum Gasteiger partial charge on any atom is -0.318 e. The SMILES string of the molecule is C#CC(N)CCN(CC)CC. The summed E-state index contributed by atoms with van der Waals surface area (Å²) < 4.78 is 0. The molecule has 0 aliphatic rings. The third-order valence-electron chi connectivity index (χ3n) is 1.86. The second-order valence-electron chi connectivity index (χ2n) is 2.59. The topological polar surface area (TPSA) is 29.3 Å². The Bertz CT molecular complexity index is 122. The highest BCUT2D eigenvalue weighted by Crippen LogP contribution is 1.92. The van der Waals surface area contributed by atoms with Gasteiger partial charge in [-0.2, -0.15) is 0 Å². The Hall–Kier alpha value is -0.520. The average Bonchev–Trinajstić information content (AvgIpc) is 2.06. The van der Waals surface area contributed by atoms with Crippen LogP contribution in [0.1, 0.15) is 20.3 Å². The van der Waals surface area contributed by atoms with E-state index in [0.717, 1.165) is 26.1 Å². The van der Waals surface area contributed by atoms with E-state index < -0.39 is 0 Å². The molecule has 0 rings (SSSR count). The standard InChI is InChI=1S/C9H18N2/c1-4-9(10)7-8-11(5-2)6-3/h1,9H,5-8,10H2,2-3H3. The van der Waals surface area contributed by atoms with Gasteiger partial charge in [0.25, 0.3) is 0 Å². The van der Waals surface area contributed by atoms with Crippen molar-refractivity contribution < 1.29 is 0 Å². The van der Waals surface area contributed by atoms with E-state index in [0.29, 0.717) is 0 Å². The molecule has 0 saturated heterocycles. The zero-order valence-electron chi connectivity index (χ0n) is 7.51. The molecule has 0 fully saturated rings. The van der Waals surface area contributed by atoms with Crippen molar-refractivity contribution >= 4 is 0 Å². The van der Waals surface area contributed by atoms with E-state index in [9.17, 15) is 0 Å². The Kier molecular flexibility index (Phi) is 5.91. The largest absolute Gasteiger partial charge is 0.318 e. The first-order valence-electron chi connectivity index (χ1n) is 4.18. The lowest BCUT2D eigenvalue weighted by atomic mass is 10.2. The van der Waals surface area contributed by atoms with Gasteiger partial charge in [0.2, 0.25) is 0 Å². The van der Waals surface area contributed by atoms with E-state index in [2.05, 4.69) is 24.7 Å². The monoisotopic (exact) mass is 154 g/mol. The van der Waals surface area contributed by atoms with Crippen molar-refractivity contribution in [2.75, 3.05) is 19.6 Å². The lowest BCUT2D eigenvalue weighted by Crippen LogP contribution is -2.29. The molecule has 1 atom stereocenters. The van der Waals surface area contributed by atoms with Crippen LogP contribution in [0.3, 0.4) is 0 Å². The smallest absolute Gasteiger partial charge is 0.0674 e. The predicted molar refractivity (Wildman–Crippen MR) is 49.2 cm³/mol. The predicted octanol–water partition coefficient (Wildman–Crippen LogP) is 0.679. The van der Waals surface area contributed by atoms with E-state index in [1.807, 2.05) is 0 Å². The van der Waals surface area contributed by atoms with Crippen molar-refractivity contribution in [1.29, 1.82) is 0 Å². The summed E-state index contributed by atoms with van der Waals surface area (Å²) in [5.41, 5.74) is 5.57. The third kappa shape index (κ3) is 4.83. The maximum absolute atomic E-state index is 5.57. The average molecular weight is 154 g/mol. The molecule has 0 aromatic rings. The fourth-order valence-corrected chi connectivity index (χ4v) is 0.945. The molecular weight excluding hydrogens is 136 g/mol. The Morgan fingerprint density at radius 1 is 1.45 bits per heavy atom. The highest BCUT2D eigenvalue weighted by Gasteiger charge is 2.01. The van der Waals surface area contributed by atoms with Gasteiger partial charge in [-0.05, 0) is 19.5 Å². The van der Waals surface area contributed by atoms with E-state index in [1.54, 1.807) is 0 Å². The zero-order valence-corrected chi connectivity index (χ0v) is 7.51. The molecule has 0 saturated carbocycles. The van der Waals surface area contributed by atoms with Gasteiger partial charge in [0.15, 0.2) is 0 Å². The third-order valence-corrected chi connectivity index (χ3v) is 1.86. The number of terminal acetylenes is 1. The summed E-state index contributed by atoms with van der Waals surface area (Å²) in [6, 6.07) is -0.0735. The molecule has 0 spiro atoms. The van der Waals surface area contributed by atoms with Crippen LogP contribution >= 0.6 is 0 Å². The van der Waals surface area contributed by atoms with Crippen molar-refractivity contribution in [2.24, 2.45) is 5.73 Å². The molecule has 1 unspecified atom stereocenters. The summed E-state index contributed by atoms with van der Waals surface area (Å²) in [7, 11) is 0. The van der Waals surface area contributed by atoms with Gasteiger partial charge < -0.3 is 10.6 Å². The van der Waals surface area contributed by atoms with Crippen LogP contribution in [0.4, 0.5) is 0 Å². The Labute approximate surface area is 69.8 Å². The van der Waals surface area contributed by atoms with E-state index in [4.69, 9.17) is 12.2 Å². The van der Waals surface area contributed by atoms with Gasteiger partial charge in [-0.15, -0.1) is 6.42 Å². The lowest BCUT2D eigenvalue weighted by molar-refractivity contribution is 0.296. The number of nitrogens with zero attached hydrogens (tertiary/aromatic N) is 1. The summed E-state index contributed by atoms with van der Waals surface area (Å²) >= 11 is 0. The van der Waals surface area contributed by atoms with Gasteiger partial charge in [-0.1, -0.05) is 19.8 Å². The molecular formula is C9H18N2. The first-order chi connectivity index (χ1) is 5.24.